The zero-order chi connectivity index (χ0) is 14.8. The molecule has 108 valence electrons. The Labute approximate surface area is 118 Å². The van der Waals surface area contributed by atoms with E-state index in [1.807, 2.05) is 6.92 Å². The molecular weight excluding hydrogens is 278 g/mol. The lowest BCUT2D eigenvalue weighted by Gasteiger charge is -2.08. The van der Waals surface area contributed by atoms with Gasteiger partial charge < -0.3 is 4.74 Å². The number of nitrogens with zero attached hydrogens (tertiary/aromatic N) is 2. The normalized spacial score (nSPS) is 11.3. The number of sulfonamides is 1. The van der Waals surface area contributed by atoms with Crippen molar-refractivity contribution in [1.29, 1.82) is 0 Å². The first kappa shape index (κ1) is 14.4. The molecule has 0 amide bonds. The van der Waals surface area contributed by atoms with Gasteiger partial charge in [0, 0.05) is 12.7 Å². The van der Waals surface area contributed by atoms with Gasteiger partial charge in [0.05, 0.1) is 18.5 Å². The van der Waals surface area contributed by atoms with Crippen molar-refractivity contribution < 1.29 is 13.2 Å². The third kappa shape index (κ3) is 2.93. The molecule has 0 aliphatic carbocycles. The van der Waals surface area contributed by atoms with Gasteiger partial charge in [-0.1, -0.05) is 0 Å². The van der Waals surface area contributed by atoms with Crippen LogP contribution < -0.4 is 9.46 Å². The Kier molecular flexibility index (Phi) is 3.99. The number of aromatic nitrogens is 2. The third-order valence-corrected chi connectivity index (χ3v) is 4.38. The highest BCUT2D eigenvalue weighted by molar-refractivity contribution is 7.92. The highest BCUT2D eigenvalue weighted by Gasteiger charge is 2.19. The van der Waals surface area contributed by atoms with Crippen LogP contribution in [0, 0.1) is 6.92 Å². The molecule has 0 atom stereocenters. The van der Waals surface area contributed by atoms with E-state index in [4.69, 9.17) is 4.74 Å². The molecule has 0 bridgehead atoms. The summed E-state index contributed by atoms with van der Waals surface area (Å²) in [6.07, 6.45) is 1.34. The summed E-state index contributed by atoms with van der Waals surface area (Å²) in [6, 6.07) is 6.76. The van der Waals surface area contributed by atoms with Gasteiger partial charge >= 0.3 is 0 Å². The van der Waals surface area contributed by atoms with Crippen LogP contribution >= 0.6 is 0 Å². The van der Waals surface area contributed by atoms with Crippen LogP contribution in [0.1, 0.15) is 12.6 Å². The second-order valence-corrected chi connectivity index (χ2v) is 5.93. The Morgan fingerprint density at radius 2 is 1.95 bits per heavy atom. The van der Waals surface area contributed by atoms with Crippen molar-refractivity contribution in [2.45, 2.75) is 18.7 Å². The summed E-state index contributed by atoms with van der Waals surface area (Å²) < 4.78 is 33.9. The average Bonchev–Trinajstić information content (AvgIpc) is 2.73. The number of nitrogens with one attached hydrogen (secondary N) is 1. The van der Waals surface area contributed by atoms with Crippen molar-refractivity contribution in [2.75, 3.05) is 11.3 Å². The highest BCUT2D eigenvalue weighted by atomic mass is 32.2. The Morgan fingerprint density at radius 3 is 2.45 bits per heavy atom. The van der Waals surface area contributed by atoms with Gasteiger partial charge in [0.25, 0.3) is 10.0 Å². The van der Waals surface area contributed by atoms with Gasteiger partial charge in [0.2, 0.25) is 0 Å². The van der Waals surface area contributed by atoms with Gasteiger partial charge in [0.1, 0.15) is 10.6 Å². The number of aryl methyl sites for hydroxylation is 1. The number of rotatable bonds is 5. The third-order valence-electron chi connectivity index (χ3n) is 2.90. The molecule has 7 heteroatoms. The fraction of sp³-hybridized carbons (Fsp3) is 0.308. The Hall–Kier alpha value is -2.02. The van der Waals surface area contributed by atoms with Crippen molar-refractivity contribution in [3.05, 3.63) is 36.2 Å². The summed E-state index contributed by atoms with van der Waals surface area (Å²) in [7, 11) is -1.92. The minimum absolute atomic E-state index is 0.175. The average molecular weight is 295 g/mol. The summed E-state index contributed by atoms with van der Waals surface area (Å²) in [5, 5.41) is 3.94. The zero-order valence-corrected chi connectivity index (χ0v) is 12.4. The van der Waals surface area contributed by atoms with Crippen LogP contribution in [-0.4, -0.2) is 24.8 Å². The molecule has 0 spiro atoms. The molecule has 0 saturated carbocycles. The van der Waals surface area contributed by atoms with E-state index in [1.165, 1.54) is 10.9 Å². The van der Waals surface area contributed by atoms with E-state index in [1.54, 1.807) is 38.2 Å². The van der Waals surface area contributed by atoms with Gasteiger partial charge in [-0.3, -0.25) is 9.40 Å². The maximum atomic E-state index is 12.3. The lowest BCUT2D eigenvalue weighted by Crippen LogP contribution is -2.13. The Morgan fingerprint density at radius 1 is 1.30 bits per heavy atom. The van der Waals surface area contributed by atoms with Crippen molar-refractivity contribution >= 4 is 15.7 Å². The number of ether oxygens (including phenoxy) is 1. The zero-order valence-electron chi connectivity index (χ0n) is 11.6. The van der Waals surface area contributed by atoms with Crippen LogP contribution in [0.4, 0.5) is 5.69 Å². The predicted molar refractivity (Wildman–Crippen MR) is 76.4 cm³/mol. The number of benzene rings is 1. The first-order valence-electron chi connectivity index (χ1n) is 6.18. The minimum atomic E-state index is -3.62. The molecule has 0 saturated heterocycles. The van der Waals surface area contributed by atoms with Crippen LogP contribution in [0.3, 0.4) is 0 Å². The number of anilines is 1. The number of hydrogen-bond acceptors (Lipinski definition) is 4. The largest absolute Gasteiger partial charge is 0.494 e. The van der Waals surface area contributed by atoms with Gasteiger partial charge in [-0.25, -0.2) is 8.42 Å². The van der Waals surface area contributed by atoms with Gasteiger partial charge in [-0.15, -0.1) is 0 Å². The van der Waals surface area contributed by atoms with Crippen molar-refractivity contribution in [3.63, 3.8) is 0 Å². The van der Waals surface area contributed by atoms with Crippen LogP contribution in [0.5, 0.6) is 5.75 Å². The van der Waals surface area contributed by atoms with E-state index in [2.05, 4.69) is 9.82 Å². The predicted octanol–water partition coefficient (Wildman–Crippen LogP) is 1.93. The molecule has 2 rings (SSSR count). The van der Waals surface area contributed by atoms with E-state index in [9.17, 15) is 8.42 Å². The fourth-order valence-electron chi connectivity index (χ4n) is 1.74. The van der Waals surface area contributed by atoms with E-state index >= 15 is 0 Å². The minimum Gasteiger partial charge on any atom is -0.494 e. The first-order valence-corrected chi connectivity index (χ1v) is 7.66. The van der Waals surface area contributed by atoms with Crippen LogP contribution in [0.25, 0.3) is 0 Å². The fourth-order valence-corrected chi connectivity index (χ4v) is 3.00. The van der Waals surface area contributed by atoms with E-state index in [0.717, 1.165) is 0 Å². The molecule has 2 aromatic rings. The molecule has 0 unspecified atom stereocenters. The molecule has 20 heavy (non-hydrogen) atoms. The smallest absolute Gasteiger partial charge is 0.265 e. The standard InChI is InChI=1S/C13H17N3O3S/c1-4-19-12-7-5-11(6-8-12)15-20(17,18)13-9-14-16(3)10(13)2/h5-9,15H,4H2,1-3H3. The van der Waals surface area contributed by atoms with E-state index < -0.39 is 10.0 Å². The Bertz CT molecular complexity index is 690. The second-order valence-electron chi connectivity index (χ2n) is 4.28. The van der Waals surface area contributed by atoms with Gasteiger partial charge in [-0.05, 0) is 38.1 Å². The van der Waals surface area contributed by atoms with Crippen LogP contribution in [-0.2, 0) is 17.1 Å². The van der Waals surface area contributed by atoms with Gasteiger partial charge in [-0.2, -0.15) is 5.10 Å². The van der Waals surface area contributed by atoms with Crippen LogP contribution in [0.15, 0.2) is 35.4 Å². The van der Waals surface area contributed by atoms with Crippen LogP contribution in [0.2, 0.25) is 0 Å². The summed E-state index contributed by atoms with van der Waals surface area (Å²) in [5.74, 6) is 0.702. The van der Waals surface area contributed by atoms with Gasteiger partial charge in [0.15, 0.2) is 0 Å². The lowest BCUT2D eigenvalue weighted by atomic mass is 10.3. The molecule has 0 radical (unpaired) electrons. The molecule has 0 aliphatic rings. The molecule has 0 aliphatic heterocycles. The molecular formula is C13H17N3O3S. The molecule has 1 aromatic heterocycles. The number of hydrogen-bond donors (Lipinski definition) is 1. The van der Waals surface area contributed by atoms with E-state index in [-0.39, 0.29) is 4.90 Å². The first-order chi connectivity index (χ1) is 9.44. The summed E-state index contributed by atoms with van der Waals surface area (Å²) in [4.78, 5) is 0.175. The SMILES string of the molecule is CCOc1ccc(NS(=O)(=O)c2cnn(C)c2C)cc1. The monoisotopic (exact) mass is 295 g/mol. The second kappa shape index (κ2) is 5.54. The summed E-state index contributed by atoms with van der Waals surface area (Å²) >= 11 is 0. The topological polar surface area (TPSA) is 73.2 Å². The van der Waals surface area contributed by atoms with E-state index in [0.29, 0.717) is 23.7 Å². The summed E-state index contributed by atoms with van der Waals surface area (Å²) in [6.45, 7) is 4.17. The van der Waals surface area contributed by atoms with Crippen molar-refractivity contribution in [1.82, 2.24) is 9.78 Å². The quantitative estimate of drug-likeness (QED) is 0.914. The molecule has 1 aromatic carbocycles. The summed E-state index contributed by atoms with van der Waals surface area (Å²) in [5.41, 5.74) is 1.07. The van der Waals surface area contributed by atoms with Crippen molar-refractivity contribution in [2.24, 2.45) is 7.05 Å². The molecule has 6 nitrogen and oxygen atoms in total. The maximum Gasteiger partial charge on any atom is 0.265 e. The lowest BCUT2D eigenvalue weighted by molar-refractivity contribution is 0.340. The van der Waals surface area contributed by atoms with Crippen molar-refractivity contribution in [3.8, 4) is 5.75 Å². The maximum absolute atomic E-state index is 12.3. The molecule has 1 N–H and O–H groups in total. The highest BCUT2D eigenvalue weighted by Crippen LogP contribution is 2.20. The molecule has 1 heterocycles. The Balaban J connectivity index is 2.22. The molecule has 0 fully saturated rings.